The first-order chi connectivity index (χ1) is 73.4. The molecule has 0 N–H and O–H groups in total. The van der Waals surface area contributed by atoms with Crippen molar-refractivity contribution in [2.45, 2.75) is 5.41 Å². The van der Waals surface area contributed by atoms with Crippen molar-refractivity contribution in [2.75, 3.05) is 0 Å². The van der Waals surface area contributed by atoms with E-state index in [4.69, 9.17) is 34.9 Å². The van der Waals surface area contributed by atoms with E-state index in [-0.39, 0.29) is 0 Å². The molecule has 692 valence electrons. The Morgan fingerprint density at radius 2 is 0.399 bits per heavy atom. The van der Waals surface area contributed by atoms with E-state index in [2.05, 4.69) is 438 Å². The van der Waals surface area contributed by atoms with Crippen molar-refractivity contribution in [3.8, 4) is 175 Å². The molecule has 10 heteroatoms. The lowest BCUT2D eigenvalue weighted by molar-refractivity contribution is 0.749. The van der Waals surface area contributed by atoms with Crippen LogP contribution in [0.1, 0.15) is 22.3 Å². The van der Waals surface area contributed by atoms with Gasteiger partial charge in [0.05, 0.1) is 67.0 Å². The molecule has 10 nitrogen and oxygen atoms in total. The third-order valence-corrected chi connectivity index (χ3v) is 29.2. The van der Waals surface area contributed by atoms with E-state index in [0.717, 1.165) is 112 Å². The second-order valence-electron chi connectivity index (χ2n) is 37.7. The molecule has 0 bridgehead atoms. The Hall–Kier alpha value is -19.8. The minimum atomic E-state index is -0.511. The maximum absolute atomic E-state index is 5.05. The number of nitrogens with zero attached hydrogens (tertiary/aromatic N) is 10. The van der Waals surface area contributed by atoms with Gasteiger partial charge in [0, 0.05) is 93.8 Å². The van der Waals surface area contributed by atoms with Crippen molar-refractivity contribution in [3.05, 3.63) is 568 Å². The lowest BCUT2D eigenvalue weighted by Gasteiger charge is -2.39. The average Bonchev–Trinajstić information content (AvgIpc) is 1.49. The SMILES string of the molecule is c1ccc(-c2cc(-c3ccc(-c4ccc(-n5c6ccccc6c6ccccc65)cc4)cc3)nc(-c3ccccc3)n2)cc1.c1ccc(-c2ccc(-c3cc(-c4ccc(-c5ccc(-n6c7ccccc7c7ccccc76)cc5)cc4)nc(-c4ccccc4)n3)cc2)cc1.c1ccc(-c2nc(-c3ccccc3)nc(-c3cccc(-c4ccc5c(c4)C4(c6ccccc6-5)c5ccccc5-n5c6ccccc6c6cccc4c65)c3)n2)cc1. The standard InChI is InChI=1S/C52H32N4.C46H31N3.C40H27N3/c1-3-15-33(16-4-1)49-53-50(34-17-5-2-6-18-34)55-51(54-49)37-20-13-19-35(31-37)36-29-30-39-38-21-7-9-24-42(38)52(45(39)32-36)43-25-10-12-28-47(43)56-46-27-11-8-22-40(46)41-23-14-26-44(52)48(41)56;1-3-11-32(12-4-1)33-19-23-36(24-20-33)42-31-43(48-46(47-42)38-13-5-2-6-14-38)37-25-21-34(22-26-37)35-27-29-39(30-28-35)49-44-17-9-7-15-40(44)41-16-8-10-18-45(41)49;1-3-11-30(12-4-1)36-27-37(42-40(41-36)32-13-5-2-6-14-32)31-21-19-28(20-22-31)29-23-25-33(26-24-29)43-38-17-9-7-15-34(38)35-16-8-10-18-39(35)43/h1-32H;1-31H;1-27H. The Bertz CT molecular complexity index is 9490. The highest BCUT2D eigenvalue weighted by molar-refractivity contribution is 6.14. The highest BCUT2D eigenvalue weighted by atomic mass is 15.0. The Kier molecular flexibility index (Phi) is 22.0. The molecule has 148 heavy (non-hydrogen) atoms. The van der Waals surface area contributed by atoms with Crippen LogP contribution in [-0.4, -0.2) is 48.6 Å². The quantitative estimate of drug-likeness (QED) is 0.101. The van der Waals surface area contributed by atoms with E-state index in [9.17, 15) is 0 Å². The summed E-state index contributed by atoms with van der Waals surface area (Å²) < 4.78 is 7.20. The Morgan fingerprint density at radius 1 is 0.142 bits per heavy atom. The summed E-state index contributed by atoms with van der Waals surface area (Å²) in [6.45, 7) is 0. The Morgan fingerprint density at radius 3 is 0.818 bits per heavy atom. The van der Waals surface area contributed by atoms with E-state index >= 15 is 0 Å². The number of aromatic nitrogens is 10. The molecule has 0 saturated heterocycles. The largest absolute Gasteiger partial charge is 0.309 e. The van der Waals surface area contributed by atoms with Gasteiger partial charge in [-0.2, -0.15) is 0 Å². The molecule has 2 aliphatic rings. The molecular formula is C138H90N10. The maximum atomic E-state index is 5.05. The lowest BCUT2D eigenvalue weighted by Crippen LogP contribution is -2.33. The van der Waals surface area contributed by atoms with Gasteiger partial charge in [-0.1, -0.05) is 461 Å². The minimum Gasteiger partial charge on any atom is -0.309 e. The van der Waals surface area contributed by atoms with Crippen LogP contribution in [0.15, 0.2) is 546 Å². The number of hydrogen-bond donors (Lipinski definition) is 0. The Labute approximate surface area is 856 Å². The van der Waals surface area contributed by atoms with Gasteiger partial charge in [0.15, 0.2) is 29.1 Å². The molecular weight excluding hydrogens is 1800 g/mol. The van der Waals surface area contributed by atoms with E-state index < -0.39 is 5.41 Å². The second-order valence-corrected chi connectivity index (χ2v) is 37.7. The van der Waals surface area contributed by atoms with Crippen LogP contribution >= 0.6 is 0 Å². The van der Waals surface area contributed by atoms with Gasteiger partial charge in [-0.25, -0.2) is 34.9 Å². The van der Waals surface area contributed by atoms with Gasteiger partial charge in [-0.3, -0.25) is 0 Å². The van der Waals surface area contributed by atoms with Gasteiger partial charge in [-0.15, -0.1) is 0 Å². The highest BCUT2D eigenvalue weighted by Gasteiger charge is 2.51. The third kappa shape index (κ3) is 15.6. The van der Waals surface area contributed by atoms with Crippen LogP contribution in [0, 0.1) is 0 Å². The summed E-state index contributed by atoms with van der Waals surface area (Å²) in [5.41, 5.74) is 40.2. The van der Waals surface area contributed by atoms with Crippen LogP contribution in [0.5, 0.6) is 0 Å². The summed E-state index contributed by atoms with van der Waals surface area (Å²) in [6, 6.07) is 193. The number of fused-ring (bicyclic) bond motifs is 18. The first-order valence-corrected chi connectivity index (χ1v) is 50.2. The lowest BCUT2D eigenvalue weighted by atomic mass is 9.65. The van der Waals surface area contributed by atoms with Crippen molar-refractivity contribution in [3.63, 3.8) is 0 Å². The molecule has 29 rings (SSSR count). The molecule has 0 amide bonds. The molecule has 1 aliphatic carbocycles. The van der Waals surface area contributed by atoms with Crippen LogP contribution in [0.2, 0.25) is 0 Å². The van der Waals surface area contributed by atoms with Crippen LogP contribution in [0.25, 0.3) is 240 Å². The van der Waals surface area contributed by atoms with E-state index in [1.165, 1.54) is 127 Å². The van der Waals surface area contributed by atoms with Crippen LogP contribution in [0.3, 0.4) is 0 Å². The predicted molar refractivity (Wildman–Crippen MR) is 608 cm³/mol. The minimum absolute atomic E-state index is 0.511. The summed E-state index contributed by atoms with van der Waals surface area (Å²) in [6.07, 6.45) is 0. The number of hydrogen-bond acceptors (Lipinski definition) is 7. The van der Waals surface area contributed by atoms with Crippen molar-refractivity contribution >= 4 is 65.4 Å². The molecule has 1 aliphatic heterocycles. The summed E-state index contributed by atoms with van der Waals surface area (Å²) in [5.74, 6) is 3.39. The molecule has 1 atom stereocenters. The smallest absolute Gasteiger partial charge is 0.164 e. The first kappa shape index (κ1) is 87.2. The molecule has 1 unspecified atom stereocenters. The molecule has 1 spiro atoms. The van der Waals surface area contributed by atoms with Crippen molar-refractivity contribution < 1.29 is 0 Å². The highest BCUT2D eigenvalue weighted by Crippen LogP contribution is 2.62. The fourth-order valence-corrected chi connectivity index (χ4v) is 22.2. The fourth-order valence-electron chi connectivity index (χ4n) is 22.2. The molecule has 7 heterocycles. The van der Waals surface area contributed by atoms with Gasteiger partial charge in [0.1, 0.15) is 0 Å². The third-order valence-electron chi connectivity index (χ3n) is 29.2. The van der Waals surface area contributed by atoms with Crippen molar-refractivity contribution in [1.82, 2.24) is 48.6 Å². The first-order valence-electron chi connectivity index (χ1n) is 50.2. The molecule has 21 aromatic carbocycles. The number of rotatable bonds is 15. The summed E-state index contributed by atoms with van der Waals surface area (Å²) >= 11 is 0. The van der Waals surface area contributed by atoms with Gasteiger partial charge in [-0.05, 0) is 163 Å². The summed E-state index contributed by atoms with van der Waals surface area (Å²) in [7, 11) is 0. The van der Waals surface area contributed by atoms with E-state index in [0.29, 0.717) is 23.3 Å². The van der Waals surface area contributed by atoms with Gasteiger partial charge >= 0.3 is 0 Å². The molecule has 0 saturated carbocycles. The number of benzene rings is 21. The molecule has 0 radical (unpaired) electrons. The van der Waals surface area contributed by atoms with Crippen molar-refractivity contribution in [2.24, 2.45) is 0 Å². The average molecular weight is 1890 g/mol. The summed E-state index contributed by atoms with van der Waals surface area (Å²) in [4.78, 5) is 35.0. The summed E-state index contributed by atoms with van der Waals surface area (Å²) in [5, 5.41) is 7.64. The van der Waals surface area contributed by atoms with Crippen LogP contribution in [-0.2, 0) is 5.41 Å². The van der Waals surface area contributed by atoms with Gasteiger partial charge in [0.25, 0.3) is 0 Å². The zero-order valence-electron chi connectivity index (χ0n) is 80.4. The zero-order chi connectivity index (χ0) is 98.0. The topological polar surface area (TPSA) is 105 Å². The molecule has 0 fully saturated rings. The van der Waals surface area contributed by atoms with Gasteiger partial charge < -0.3 is 13.7 Å². The second kappa shape index (κ2) is 37.2. The monoisotopic (exact) mass is 1890 g/mol. The van der Waals surface area contributed by atoms with Gasteiger partial charge in [0.2, 0.25) is 0 Å². The Balaban J connectivity index is 0.000000111. The van der Waals surface area contributed by atoms with Crippen molar-refractivity contribution in [1.29, 1.82) is 0 Å². The maximum Gasteiger partial charge on any atom is 0.164 e. The normalized spacial score (nSPS) is 12.6. The fraction of sp³-hybridized carbons (Fsp3) is 0.00725. The van der Waals surface area contributed by atoms with Crippen LogP contribution in [0.4, 0.5) is 0 Å². The molecule has 27 aromatic rings. The molecule has 6 aromatic heterocycles. The predicted octanol–water partition coefficient (Wildman–Crippen LogP) is 34.5. The van der Waals surface area contributed by atoms with E-state index in [1.807, 2.05) is 121 Å². The van der Waals surface area contributed by atoms with E-state index in [1.54, 1.807) is 0 Å². The number of para-hydroxylation sites is 7. The van der Waals surface area contributed by atoms with Crippen LogP contribution < -0.4 is 0 Å². The zero-order valence-corrected chi connectivity index (χ0v) is 80.4.